The zero-order chi connectivity index (χ0) is 14.8. The quantitative estimate of drug-likeness (QED) is 0.540. The van der Waals surface area contributed by atoms with Crippen LogP contribution in [0.2, 0.25) is 0 Å². The molecule has 4 saturated carbocycles. The second-order valence-electron chi connectivity index (χ2n) is 8.68. The molecule has 0 heterocycles. The molecule has 3 nitrogen and oxygen atoms in total. The molecule has 0 saturated heterocycles. The number of hydrogen-bond donors (Lipinski definition) is 1. The third-order valence-corrected chi connectivity index (χ3v) is 7.92. The molecule has 0 aromatic heterocycles. The Hall–Kier alpha value is -0.860. The van der Waals surface area contributed by atoms with Gasteiger partial charge in [-0.2, -0.15) is 0 Å². The number of ketones is 1. The third kappa shape index (κ3) is 1.66. The first kappa shape index (κ1) is 13.8. The number of rotatable bonds is 0. The first-order chi connectivity index (χ1) is 9.99. The Kier molecular flexibility index (Phi) is 2.84. The molecule has 3 heteroatoms. The van der Waals surface area contributed by atoms with E-state index >= 15 is 0 Å². The Labute approximate surface area is 127 Å². The minimum absolute atomic E-state index is 0.0610. The van der Waals surface area contributed by atoms with Gasteiger partial charge < -0.3 is 5.21 Å². The SMILES string of the molecule is C[C@@]12CCC[C@H]1[C@@H]1CC[C@H]3/C(=N\O)C(=O)C[C@]3(C)[C@H]1CC2. The van der Waals surface area contributed by atoms with Gasteiger partial charge in [-0.25, -0.2) is 0 Å². The Morgan fingerprint density at radius 1 is 1.10 bits per heavy atom. The van der Waals surface area contributed by atoms with E-state index in [1.807, 2.05) is 0 Å². The van der Waals surface area contributed by atoms with Gasteiger partial charge in [0, 0.05) is 12.3 Å². The molecule has 1 N–H and O–H groups in total. The fourth-order valence-electron chi connectivity index (χ4n) is 6.91. The van der Waals surface area contributed by atoms with E-state index in [4.69, 9.17) is 0 Å². The molecule has 0 unspecified atom stereocenters. The Balaban J connectivity index is 1.70. The Morgan fingerprint density at radius 2 is 1.90 bits per heavy atom. The molecule has 0 bridgehead atoms. The number of fused-ring (bicyclic) bond motifs is 5. The highest BCUT2D eigenvalue weighted by Crippen LogP contribution is 2.66. The monoisotopic (exact) mass is 289 g/mol. The zero-order valence-electron chi connectivity index (χ0n) is 13.3. The predicted molar refractivity (Wildman–Crippen MR) is 81.3 cm³/mol. The van der Waals surface area contributed by atoms with E-state index < -0.39 is 0 Å². The van der Waals surface area contributed by atoms with Crippen molar-refractivity contribution < 1.29 is 10.0 Å². The normalized spacial score (nSPS) is 54.4. The number of hydrogen-bond acceptors (Lipinski definition) is 3. The highest BCUT2D eigenvalue weighted by atomic mass is 16.4. The maximum atomic E-state index is 12.3. The van der Waals surface area contributed by atoms with E-state index in [9.17, 15) is 10.0 Å². The summed E-state index contributed by atoms with van der Waals surface area (Å²) in [4.78, 5) is 12.3. The summed E-state index contributed by atoms with van der Waals surface area (Å²) < 4.78 is 0. The summed E-state index contributed by atoms with van der Waals surface area (Å²) in [6, 6.07) is 0. The van der Waals surface area contributed by atoms with Crippen LogP contribution in [0, 0.1) is 34.5 Å². The summed E-state index contributed by atoms with van der Waals surface area (Å²) in [7, 11) is 0. The smallest absolute Gasteiger partial charge is 0.181 e. The van der Waals surface area contributed by atoms with Crippen LogP contribution in [0.3, 0.4) is 0 Å². The van der Waals surface area contributed by atoms with Gasteiger partial charge >= 0.3 is 0 Å². The van der Waals surface area contributed by atoms with E-state index in [1.165, 1.54) is 38.5 Å². The van der Waals surface area contributed by atoms with Gasteiger partial charge in [-0.05, 0) is 67.1 Å². The molecule has 4 rings (SSSR count). The van der Waals surface area contributed by atoms with Gasteiger partial charge in [0.2, 0.25) is 0 Å². The number of oxime groups is 1. The van der Waals surface area contributed by atoms with Crippen molar-refractivity contribution in [3.8, 4) is 0 Å². The zero-order valence-corrected chi connectivity index (χ0v) is 13.3. The van der Waals surface area contributed by atoms with Crippen molar-refractivity contribution in [3.05, 3.63) is 0 Å². The molecule has 0 radical (unpaired) electrons. The van der Waals surface area contributed by atoms with E-state index in [0.717, 1.165) is 18.3 Å². The highest BCUT2D eigenvalue weighted by molar-refractivity contribution is 6.42. The topological polar surface area (TPSA) is 49.7 Å². The average molecular weight is 289 g/mol. The molecule has 116 valence electrons. The maximum absolute atomic E-state index is 12.3. The van der Waals surface area contributed by atoms with E-state index in [1.54, 1.807) is 0 Å². The second-order valence-corrected chi connectivity index (χ2v) is 8.68. The summed E-state index contributed by atoms with van der Waals surface area (Å²) in [5.74, 6) is 2.65. The summed E-state index contributed by atoms with van der Waals surface area (Å²) in [5, 5.41) is 12.6. The molecule has 0 spiro atoms. The van der Waals surface area contributed by atoms with Crippen LogP contribution in [-0.4, -0.2) is 16.7 Å². The highest BCUT2D eigenvalue weighted by Gasteiger charge is 2.61. The van der Waals surface area contributed by atoms with E-state index in [0.29, 0.717) is 23.5 Å². The van der Waals surface area contributed by atoms with Crippen LogP contribution in [0.25, 0.3) is 0 Å². The summed E-state index contributed by atoms with van der Waals surface area (Å²) in [5.41, 5.74) is 1.11. The lowest BCUT2D eigenvalue weighted by Crippen LogP contribution is -2.50. The van der Waals surface area contributed by atoms with Crippen LogP contribution in [0.5, 0.6) is 0 Å². The number of carbonyl (C=O) groups excluding carboxylic acids is 1. The van der Waals surface area contributed by atoms with Crippen molar-refractivity contribution in [3.63, 3.8) is 0 Å². The lowest BCUT2D eigenvalue weighted by atomic mass is 9.48. The van der Waals surface area contributed by atoms with Crippen molar-refractivity contribution in [1.82, 2.24) is 0 Å². The number of Topliss-reactive ketones (excluding diaryl/α,β-unsaturated/α-hetero) is 1. The molecular formula is C18H27NO2. The number of carbonyl (C=O) groups is 1. The average Bonchev–Trinajstić information content (AvgIpc) is 2.94. The second kappa shape index (κ2) is 4.33. The van der Waals surface area contributed by atoms with Gasteiger partial charge in [-0.15, -0.1) is 0 Å². The van der Waals surface area contributed by atoms with Crippen molar-refractivity contribution in [2.45, 2.75) is 65.2 Å². The van der Waals surface area contributed by atoms with Crippen molar-refractivity contribution >= 4 is 11.5 Å². The van der Waals surface area contributed by atoms with Crippen molar-refractivity contribution in [2.24, 2.45) is 39.7 Å². The lowest BCUT2D eigenvalue weighted by molar-refractivity contribution is -0.116. The van der Waals surface area contributed by atoms with Gasteiger partial charge in [0.05, 0.1) is 0 Å². The van der Waals surface area contributed by atoms with Gasteiger partial charge in [0.15, 0.2) is 5.78 Å². The van der Waals surface area contributed by atoms with Crippen molar-refractivity contribution in [2.75, 3.05) is 0 Å². The molecule has 6 atom stereocenters. The number of nitrogens with zero attached hydrogens (tertiary/aromatic N) is 1. The van der Waals surface area contributed by atoms with E-state index in [2.05, 4.69) is 19.0 Å². The van der Waals surface area contributed by atoms with Crippen LogP contribution in [-0.2, 0) is 4.79 Å². The largest absolute Gasteiger partial charge is 0.411 e. The van der Waals surface area contributed by atoms with Crippen LogP contribution >= 0.6 is 0 Å². The third-order valence-electron chi connectivity index (χ3n) is 7.92. The van der Waals surface area contributed by atoms with Gasteiger partial charge in [-0.3, -0.25) is 4.79 Å². The standard InChI is InChI=1S/C18H27NO2/c1-17-8-3-4-12(17)11-5-6-14-16(19-21)15(20)10-18(14,2)13(11)7-9-17/h11-14,21H,3-10H2,1-2H3/b19-16+/t11-,12-,13-,14-,17-,18+/m0/s1. The minimum atomic E-state index is 0.0610. The minimum Gasteiger partial charge on any atom is -0.411 e. The van der Waals surface area contributed by atoms with Crippen LogP contribution in [0.1, 0.15) is 65.2 Å². The Bertz CT molecular complexity index is 513. The molecule has 0 amide bonds. The van der Waals surface area contributed by atoms with Gasteiger partial charge in [0.1, 0.15) is 5.71 Å². The predicted octanol–water partition coefficient (Wildman–Crippen LogP) is 4.04. The lowest BCUT2D eigenvalue weighted by Gasteiger charge is -2.56. The fraction of sp³-hybridized carbons (Fsp3) is 0.889. The summed E-state index contributed by atoms with van der Waals surface area (Å²) in [6.45, 7) is 4.82. The Morgan fingerprint density at radius 3 is 2.67 bits per heavy atom. The van der Waals surface area contributed by atoms with Gasteiger partial charge in [0.25, 0.3) is 0 Å². The van der Waals surface area contributed by atoms with E-state index in [-0.39, 0.29) is 17.1 Å². The molecule has 21 heavy (non-hydrogen) atoms. The first-order valence-electron chi connectivity index (χ1n) is 8.75. The molecule has 0 aromatic carbocycles. The molecule has 0 aromatic rings. The molecular weight excluding hydrogens is 262 g/mol. The molecule has 0 aliphatic heterocycles. The summed E-state index contributed by atoms with van der Waals surface area (Å²) >= 11 is 0. The fourth-order valence-corrected chi connectivity index (χ4v) is 6.91. The van der Waals surface area contributed by atoms with Gasteiger partial charge in [-0.1, -0.05) is 25.4 Å². The molecule has 4 aliphatic carbocycles. The van der Waals surface area contributed by atoms with Crippen molar-refractivity contribution in [1.29, 1.82) is 0 Å². The van der Waals surface area contributed by atoms with Crippen LogP contribution < -0.4 is 0 Å². The molecule has 4 fully saturated rings. The molecule has 4 aliphatic rings. The van der Waals surface area contributed by atoms with Crippen LogP contribution in [0.15, 0.2) is 5.16 Å². The maximum Gasteiger partial charge on any atom is 0.181 e. The summed E-state index contributed by atoms with van der Waals surface area (Å²) in [6.07, 6.45) is 9.70. The van der Waals surface area contributed by atoms with Crippen LogP contribution in [0.4, 0.5) is 0 Å². The first-order valence-corrected chi connectivity index (χ1v) is 8.75.